The van der Waals surface area contributed by atoms with Gasteiger partial charge in [0.1, 0.15) is 11.3 Å². The number of benzene rings is 2. The SMILES string of the molecule is C/C=C/[C@H]1OC(=O)C(c2ccccc2)=C(c2ccccc2)O1. The van der Waals surface area contributed by atoms with Crippen LogP contribution in [-0.4, -0.2) is 12.3 Å². The van der Waals surface area contributed by atoms with Gasteiger partial charge in [-0.05, 0) is 18.6 Å². The normalized spacial score (nSPS) is 18.2. The molecule has 22 heavy (non-hydrogen) atoms. The van der Waals surface area contributed by atoms with Crippen molar-refractivity contribution in [1.82, 2.24) is 0 Å². The Morgan fingerprint density at radius 3 is 2.05 bits per heavy atom. The predicted octanol–water partition coefficient (Wildman–Crippen LogP) is 4.03. The second-order valence-corrected chi connectivity index (χ2v) is 4.85. The minimum atomic E-state index is -0.694. The van der Waals surface area contributed by atoms with E-state index < -0.39 is 6.29 Å². The molecule has 1 aliphatic heterocycles. The lowest BCUT2D eigenvalue weighted by molar-refractivity contribution is -0.155. The van der Waals surface area contributed by atoms with Gasteiger partial charge in [0.05, 0.1) is 0 Å². The quantitative estimate of drug-likeness (QED) is 0.633. The molecule has 3 nitrogen and oxygen atoms in total. The molecule has 2 aromatic carbocycles. The van der Waals surface area contributed by atoms with E-state index in [1.54, 1.807) is 12.2 Å². The number of carbonyl (C=O) groups excluding carboxylic acids is 1. The highest BCUT2D eigenvalue weighted by molar-refractivity contribution is 6.24. The maximum atomic E-state index is 12.5. The van der Waals surface area contributed by atoms with Crippen LogP contribution in [0.15, 0.2) is 72.8 Å². The number of carbonyl (C=O) groups is 1. The molecule has 3 heteroatoms. The highest BCUT2D eigenvalue weighted by Crippen LogP contribution is 2.33. The van der Waals surface area contributed by atoms with Crippen molar-refractivity contribution >= 4 is 17.3 Å². The summed E-state index contributed by atoms with van der Waals surface area (Å²) in [5.41, 5.74) is 2.09. The Morgan fingerprint density at radius 1 is 0.864 bits per heavy atom. The molecule has 0 fully saturated rings. The van der Waals surface area contributed by atoms with Crippen molar-refractivity contribution in [3.05, 3.63) is 83.9 Å². The minimum Gasteiger partial charge on any atom is -0.449 e. The lowest BCUT2D eigenvalue weighted by Crippen LogP contribution is -2.26. The predicted molar refractivity (Wildman–Crippen MR) is 85.5 cm³/mol. The molecule has 1 aliphatic rings. The van der Waals surface area contributed by atoms with E-state index in [-0.39, 0.29) is 5.97 Å². The molecule has 0 unspecified atom stereocenters. The van der Waals surface area contributed by atoms with Crippen LogP contribution in [0.25, 0.3) is 11.3 Å². The van der Waals surface area contributed by atoms with Gasteiger partial charge < -0.3 is 9.47 Å². The summed E-state index contributed by atoms with van der Waals surface area (Å²) in [5, 5.41) is 0. The van der Waals surface area contributed by atoms with Crippen molar-refractivity contribution in [3.8, 4) is 0 Å². The molecule has 0 saturated heterocycles. The van der Waals surface area contributed by atoms with E-state index in [0.717, 1.165) is 11.1 Å². The summed E-state index contributed by atoms with van der Waals surface area (Å²) in [6.45, 7) is 1.86. The molecule has 0 saturated carbocycles. The van der Waals surface area contributed by atoms with Crippen LogP contribution >= 0.6 is 0 Å². The fourth-order valence-electron chi connectivity index (χ4n) is 2.35. The Labute approximate surface area is 129 Å². The summed E-state index contributed by atoms with van der Waals surface area (Å²) in [6.07, 6.45) is 2.82. The highest BCUT2D eigenvalue weighted by atomic mass is 16.7. The van der Waals surface area contributed by atoms with Crippen LogP contribution < -0.4 is 0 Å². The number of allylic oxidation sites excluding steroid dienone is 1. The third kappa shape index (κ3) is 2.79. The molecule has 1 atom stereocenters. The first kappa shape index (κ1) is 14.1. The Balaban J connectivity index is 2.15. The van der Waals surface area contributed by atoms with Crippen LogP contribution in [0.4, 0.5) is 0 Å². The molecule has 0 N–H and O–H groups in total. The molecule has 110 valence electrons. The third-order valence-corrected chi connectivity index (χ3v) is 3.34. The van der Waals surface area contributed by atoms with Gasteiger partial charge in [-0.2, -0.15) is 0 Å². The smallest absolute Gasteiger partial charge is 0.345 e. The minimum absolute atomic E-state index is 0.376. The number of cyclic esters (lactones) is 1. The van der Waals surface area contributed by atoms with Crippen molar-refractivity contribution in [2.75, 3.05) is 0 Å². The molecule has 2 aromatic rings. The van der Waals surface area contributed by atoms with Crippen LogP contribution in [0.2, 0.25) is 0 Å². The fraction of sp³-hybridized carbons (Fsp3) is 0.105. The summed E-state index contributed by atoms with van der Waals surface area (Å²) in [6, 6.07) is 19.0. The first-order valence-electron chi connectivity index (χ1n) is 7.15. The lowest BCUT2D eigenvalue weighted by atomic mass is 10.00. The van der Waals surface area contributed by atoms with E-state index >= 15 is 0 Å². The van der Waals surface area contributed by atoms with Crippen LogP contribution in [0.5, 0.6) is 0 Å². The summed E-state index contributed by atoms with van der Waals surface area (Å²) in [7, 11) is 0. The number of rotatable bonds is 3. The lowest BCUT2D eigenvalue weighted by Gasteiger charge is -2.26. The van der Waals surface area contributed by atoms with Gasteiger partial charge in [-0.3, -0.25) is 0 Å². The van der Waals surface area contributed by atoms with E-state index in [9.17, 15) is 4.79 Å². The Morgan fingerprint density at radius 2 is 1.45 bits per heavy atom. The monoisotopic (exact) mass is 292 g/mol. The van der Waals surface area contributed by atoms with Gasteiger partial charge in [0.15, 0.2) is 0 Å². The van der Waals surface area contributed by atoms with Gasteiger partial charge in [-0.1, -0.05) is 66.7 Å². The zero-order valence-corrected chi connectivity index (χ0v) is 12.2. The fourth-order valence-corrected chi connectivity index (χ4v) is 2.35. The Hall–Kier alpha value is -2.81. The van der Waals surface area contributed by atoms with Gasteiger partial charge in [-0.15, -0.1) is 0 Å². The average Bonchev–Trinajstić information content (AvgIpc) is 2.56. The standard InChI is InChI=1S/C19H16O3/c1-2-9-16-21-18(15-12-7-4-8-13-15)17(19(20)22-16)14-10-5-3-6-11-14/h2-13,16H,1H3/b9-2+/t16-/m1/s1. The maximum Gasteiger partial charge on any atom is 0.345 e. The largest absolute Gasteiger partial charge is 0.449 e. The van der Waals surface area contributed by atoms with Gasteiger partial charge in [0.2, 0.25) is 0 Å². The zero-order valence-electron chi connectivity index (χ0n) is 12.2. The van der Waals surface area contributed by atoms with E-state index in [4.69, 9.17) is 9.47 Å². The van der Waals surface area contributed by atoms with E-state index in [1.807, 2.05) is 67.6 Å². The van der Waals surface area contributed by atoms with Crippen molar-refractivity contribution in [2.45, 2.75) is 13.2 Å². The van der Waals surface area contributed by atoms with Crippen LogP contribution in [-0.2, 0) is 14.3 Å². The first-order valence-corrected chi connectivity index (χ1v) is 7.15. The molecular weight excluding hydrogens is 276 g/mol. The van der Waals surface area contributed by atoms with Crippen molar-refractivity contribution in [1.29, 1.82) is 0 Å². The number of ether oxygens (including phenoxy) is 2. The van der Waals surface area contributed by atoms with Gasteiger partial charge in [0, 0.05) is 5.56 Å². The molecule has 0 spiro atoms. The van der Waals surface area contributed by atoms with Gasteiger partial charge in [0.25, 0.3) is 6.29 Å². The second kappa shape index (κ2) is 6.31. The van der Waals surface area contributed by atoms with Gasteiger partial charge in [-0.25, -0.2) is 4.79 Å². The molecular formula is C19H16O3. The van der Waals surface area contributed by atoms with Crippen LogP contribution in [0, 0.1) is 0 Å². The second-order valence-electron chi connectivity index (χ2n) is 4.85. The molecule has 0 bridgehead atoms. The van der Waals surface area contributed by atoms with Gasteiger partial charge >= 0.3 is 5.97 Å². The molecule has 0 radical (unpaired) electrons. The summed E-state index contributed by atoms with van der Waals surface area (Å²) in [5.74, 6) is 0.172. The van der Waals surface area contributed by atoms with Crippen LogP contribution in [0.1, 0.15) is 18.1 Å². The van der Waals surface area contributed by atoms with Crippen molar-refractivity contribution in [2.24, 2.45) is 0 Å². The maximum absolute atomic E-state index is 12.5. The Bertz CT molecular complexity index is 715. The number of esters is 1. The van der Waals surface area contributed by atoms with E-state index in [0.29, 0.717) is 11.3 Å². The first-order chi connectivity index (χ1) is 10.8. The van der Waals surface area contributed by atoms with Crippen molar-refractivity contribution in [3.63, 3.8) is 0 Å². The average molecular weight is 292 g/mol. The van der Waals surface area contributed by atoms with E-state index in [1.165, 1.54) is 0 Å². The zero-order chi connectivity index (χ0) is 15.4. The molecule has 3 rings (SSSR count). The number of hydrogen-bond donors (Lipinski definition) is 0. The molecule has 1 heterocycles. The van der Waals surface area contributed by atoms with Crippen LogP contribution in [0.3, 0.4) is 0 Å². The Kier molecular flexibility index (Phi) is 4.05. The topological polar surface area (TPSA) is 35.5 Å². The highest BCUT2D eigenvalue weighted by Gasteiger charge is 2.30. The summed E-state index contributed by atoms with van der Waals surface area (Å²) >= 11 is 0. The van der Waals surface area contributed by atoms with Crippen molar-refractivity contribution < 1.29 is 14.3 Å². The molecule has 0 amide bonds. The summed E-state index contributed by atoms with van der Waals surface area (Å²) in [4.78, 5) is 12.5. The third-order valence-electron chi connectivity index (χ3n) is 3.34. The molecule has 0 aromatic heterocycles. The number of hydrogen-bond acceptors (Lipinski definition) is 3. The van der Waals surface area contributed by atoms with E-state index in [2.05, 4.69) is 0 Å². The summed E-state index contributed by atoms with van der Waals surface area (Å²) < 4.78 is 11.2. The molecule has 0 aliphatic carbocycles.